The molecule has 0 aromatic heterocycles. The van der Waals surface area contributed by atoms with Gasteiger partial charge in [-0.05, 0) is 42.0 Å². The second kappa shape index (κ2) is 4.68. The standard InChI is InChI=1S/C13H12O3/c14-9-10-2-1-3-13(8-10)16-12-6-4-11(15)5-7-12/h1-8,14-15H,9H2. The van der Waals surface area contributed by atoms with E-state index in [0.717, 1.165) is 5.56 Å². The molecule has 0 aliphatic carbocycles. The van der Waals surface area contributed by atoms with Crippen LogP contribution in [0.25, 0.3) is 0 Å². The van der Waals surface area contributed by atoms with Crippen LogP contribution in [0.3, 0.4) is 0 Å². The molecule has 0 spiro atoms. The molecule has 82 valence electrons. The van der Waals surface area contributed by atoms with Crippen molar-refractivity contribution in [2.75, 3.05) is 0 Å². The molecule has 0 heterocycles. The predicted octanol–water partition coefficient (Wildman–Crippen LogP) is 2.68. The van der Waals surface area contributed by atoms with Gasteiger partial charge in [0.05, 0.1) is 6.61 Å². The fourth-order valence-corrected chi connectivity index (χ4v) is 1.36. The zero-order valence-corrected chi connectivity index (χ0v) is 8.63. The van der Waals surface area contributed by atoms with E-state index in [1.165, 1.54) is 0 Å². The van der Waals surface area contributed by atoms with Crippen LogP contribution in [0.15, 0.2) is 48.5 Å². The smallest absolute Gasteiger partial charge is 0.127 e. The summed E-state index contributed by atoms with van der Waals surface area (Å²) in [5.41, 5.74) is 0.802. The SMILES string of the molecule is OCc1cccc(Oc2ccc(O)cc2)c1. The molecule has 0 fully saturated rings. The molecular formula is C13H12O3. The van der Waals surface area contributed by atoms with Gasteiger partial charge in [-0.1, -0.05) is 12.1 Å². The van der Waals surface area contributed by atoms with E-state index in [2.05, 4.69) is 0 Å². The summed E-state index contributed by atoms with van der Waals surface area (Å²) >= 11 is 0. The lowest BCUT2D eigenvalue weighted by Gasteiger charge is -2.06. The molecule has 2 aromatic rings. The van der Waals surface area contributed by atoms with E-state index < -0.39 is 0 Å². The van der Waals surface area contributed by atoms with Crippen molar-refractivity contribution in [3.05, 3.63) is 54.1 Å². The van der Waals surface area contributed by atoms with Gasteiger partial charge in [-0.15, -0.1) is 0 Å². The fourth-order valence-electron chi connectivity index (χ4n) is 1.36. The van der Waals surface area contributed by atoms with Crippen molar-refractivity contribution in [2.24, 2.45) is 0 Å². The van der Waals surface area contributed by atoms with Crippen LogP contribution in [0.1, 0.15) is 5.56 Å². The lowest BCUT2D eigenvalue weighted by Crippen LogP contribution is -1.86. The Hall–Kier alpha value is -2.00. The van der Waals surface area contributed by atoms with Crippen molar-refractivity contribution < 1.29 is 14.9 Å². The first-order chi connectivity index (χ1) is 7.78. The first-order valence-corrected chi connectivity index (χ1v) is 4.94. The highest BCUT2D eigenvalue weighted by Crippen LogP contribution is 2.23. The van der Waals surface area contributed by atoms with Gasteiger partial charge in [0.2, 0.25) is 0 Å². The lowest BCUT2D eigenvalue weighted by molar-refractivity contribution is 0.281. The molecule has 16 heavy (non-hydrogen) atoms. The number of benzene rings is 2. The Bertz CT molecular complexity index is 463. The summed E-state index contributed by atoms with van der Waals surface area (Å²) in [6.45, 7) is -0.00716. The maximum atomic E-state index is 9.12. The van der Waals surface area contributed by atoms with Crippen molar-refractivity contribution in [2.45, 2.75) is 6.61 Å². The number of aromatic hydroxyl groups is 1. The molecule has 2 rings (SSSR count). The van der Waals surface area contributed by atoms with Gasteiger partial charge in [-0.25, -0.2) is 0 Å². The largest absolute Gasteiger partial charge is 0.508 e. The molecule has 0 atom stereocenters. The molecule has 0 unspecified atom stereocenters. The van der Waals surface area contributed by atoms with Gasteiger partial charge in [0, 0.05) is 0 Å². The van der Waals surface area contributed by atoms with Gasteiger partial charge < -0.3 is 14.9 Å². The molecular weight excluding hydrogens is 204 g/mol. The van der Waals surface area contributed by atoms with Crippen LogP contribution in [-0.2, 0) is 6.61 Å². The van der Waals surface area contributed by atoms with Crippen molar-refractivity contribution in [1.29, 1.82) is 0 Å². The fraction of sp³-hybridized carbons (Fsp3) is 0.0769. The minimum absolute atomic E-state index is 0.00716. The van der Waals surface area contributed by atoms with E-state index >= 15 is 0 Å². The maximum absolute atomic E-state index is 9.12. The Morgan fingerprint density at radius 1 is 0.938 bits per heavy atom. The van der Waals surface area contributed by atoms with Crippen LogP contribution in [0.2, 0.25) is 0 Å². The molecule has 2 aromatic carbocycles. The topological polar surface area (TPSA) is 49.7 Å². The van der Waals surface area contributed by atoms with Gasteiger partial charge in [0.1, 0.15) is 17.2 Å². The van der Waals surface area contributed by atoms with Crippen molar-refractivity contribution in [3.63, 3.8) is 0 Å². The summed E-state index contributed by atoms with van der Waals surface area (Å²) in [7, 11) is 0. The normalized spacial score (nSPS) is 10.1. The Morgan fingerprint density at radius 3 is 2.38 bits per heavy atom. The highest BCUT2D eigenvalue weighted by atomic mass is 16.5. The van der Waals surface area contributed by atoms with Crippen LogP contribution in [-0.4, -0.2) is 10.2 Å². The highest BCUT2D eigenvalue weighted by molar-refractivity contribution is 5.36. The number of rotatable bonds is 3. The van der Waals surface area contributed by atoms with Gasteiger partial charge in [0.25, 0.3) is 0 Å². The summed E-state index contributed by atoms with van der Waals surface area (Å²) in [5, 5.41) is 18.1. The summed E-state index contributed by atoms with van der Waals surface area (Å²) in [6.07, 6.45) is 0. The first kappa shape index (κ1) is 10.5. The second-order valence-electron chi connectivity index (χ2n) is 3.40. The molecule has 0 radical (unpaired) electrons. The van der Waals surface area contributed by atoms with Gasteiger partial charge in [-0.2, -0.15) is 0 Å². The molecule has 3 nitrogen and oxygen atoms in total. The average Bonchev–Trinajstić information content (AvgIpc) is 2.32. The minimum Gasteiger partial charge on any atom is -0.508 e. The summed E-state index contributed by atoms with van der Waals surface area (Å²) in [5.74, 6) is 1.52. The zero-order valence-electron chi connectivity index (χ0n) is 8.63. The van der Waals surface area contributed by atoms with Crippen LogP contribution in [0.5, 0.6) is 17.2 Å². The van der Waals surface area contributed by atoms with E-state index in [-0.39, 0.29) is 12.4 Å². The maximum Gasteiger partial charge on any atom is 0.127 e. The van der Waals surface area contributed by atoms with Gasteiger partial charge >= 0.3 is 0 Å². The number of ether oxygens (including phenoxy) is 1. The monoisotopic (exact) mass is 216 g/mol. The molecule has 0 bridgehead atoms. The number of aliphatic hydroxyl groups excluding tert-OH is 1. The quantitative estimate of drug-likeness (QED) is 0.829. The van der Waals surface area contributed by atoms with E-state index in [4.69, 9.17) is 14.9 Å². The van der Waals surface area contributed by atoms with Crippen molar-refractivity contribution >= 4 is 0 Å². The first-order valence-electron chi connectivity index (χ1n) is 4.94. The molecule has 3 heteroatoms. The Balaban J connectivity index is 2.16. The van der Waals surface area contributed by atoms with Crippen molar-refractivity contribution in [1.82, 2.24) is 0 Å². The average molecular weight is 216 g/mol. The van der Waals surface area contributed by atoms with Crippen LogP contribution in [0.4, 0.5) is 0 Å². The molecule has 0 saturated carbocycles. The van der Waals surface area contributed by atoms with E-state index in [1.807, 2.05) is 18.2 Å². The third-order valence-electron chi connectivity index (χ3n) is 2.15. The number of hydrogen-bond acceptors (Lipinski definition) is 3. The van der Waals surface area contributed by atoms with Gasteiger partial charge in [-0.3, -0.25) is 0 Å². The molecule has 0 amide bonds. The van der Waals surface area contributed by atoms with E-state index in [1.54, 1.807) is 30.3 Å². The third kappa shape index (κ3) is 2.52. The number of aliphatic hydroxyl groups is 1. The molecule has 0 saturated heterocycles. The zero-order chi connectivity index (χ0) is 11.4. The summed E-state index contributed by atoms with van der Waals surface area (Å²) < 4.78 is 5.55. The Morgan fingerprint density at radius 2 is 1.69 bits per heavy atom. The van der Waals surface area contributed by atoms with E-state index in [9.17, 15) is 0 Å². The summed E-state index contributed by atoms with van der Waals surface area (Å²) in [6, 6.07) is 13.7. The number of phenolic OH excluding ortho intramolecular Hbond substituents is 1. The predicted molar refractivity (Wildman–Crippen MR) is 60.5 cm³/mol. The Labute approximate surface area is 93.6 Å². The van der Waals surface area contributed by atoms with Crippen molar-refractivity contribution in [3.8, 4) is 17.2 Å². The highest BCUT2D eigenvalue weighted by Gasteiger charge is 1.98. The number of hydrogen-bond donors (Lipinski definition) is 2. The number of phenols is 1. The molecule has 0 aliphatic rings. The molecule has 0 aliphatic heterocycles. The Kier molecular flexibility index (Phi) is 3.08. The second-order valence-corrected chi connectivity index (χ2v) is 3.40. The third-order valence-corrected chi connectivity index (χ3v) is 2.15. The van der Waals surface area contributed by atoms with E-state index in [0.29, 0.717) is 11.5 Å². The lowest BCUT2D eigenvalue weighted by atomic mass is 10.2. The van der Waals surface area contributed by atoms with Crippen LogP contribution < -0.4 is 4.74 Å². The van der Waals surface area contributed by atoms with Crippen LogP contribution in [0, 0.1) is 0 Å². The minimum atomic E-state index is -0.00716. The molecule has 2 N–H and O–H groups in total. The van der Waals surface area contributed by atoms with Crippen LogP contribution >= 0.6 is 0 Å². The van der Waals surface area contributed by atoms with Gasteiger partial charge in [0.15, 0.2) is 0 Å². The summed E-state index contributed by atoms with van der Waals surface area (Å²) in [4.78, 5) is 0.